The molecular formula is C6H5NOS2. The monoisotopic (exact) mass is 171 g/mol. The molecule has 52 valence electrons. The molecule has 1 amide bonds. The molecule has 1 N–H and O–H groups in total. The zero-order valence-electron chi connectivity index (χ0n) is 5.09. The first-order chi connectivity index (χ1) is 4.74. The van der Waals surface area contributed by atoms with E-state index in [0.29, 0.717) is 4.99 Å². The molecule has 0 spiro atoms. The Morgan fingerprint density at radius 2 is 2.40 bits per heavy atom. The minimum atomic E-state index is -0.113. The predicted octanol–water partition coefficient (Wildman–Crippen LogP) is 1.84. The topological polar surface area (TPSA) is 29.1 Å². The molecule has 2 nitrogen and oxygen atoms in total. The Morgan fingerprint density at radius 3 is 2.80 bits per heavy atom. The molecule has 1 aliphatic rings. The molecule has 1 saturated heterocycles. The van der Waals surface area contributed by atoms with E-state index < -0.39 is 0 Å². The predicted molar refractivity (Wildman–Crippen MR) is 47.0 cm³/mol. The minimum absolute atomic E-state index is 0.113. The molecule has 0 aromatic carbocycles. The molecule has 10 heavy (non-hydrogen) atoms. The van der Waals surface area contributed by atoms with Crippen molar-refractivity contribution in [2.45, 2.75) is 0 Å². The molecular weight excluding hydrogens is 166 g/mol. The zero-order valence-corrected chi connectivity index (χ0v) is 6.72. The van der Waals surface area contributed by atoms with Crippen LogP contribution >= 0.6 is 24.0 Å². The second-order valence-electron chi connectivity index (χ2n) is 1.61. The van der Waals surface area contributed by atoms with Crippen molar-refractivity contribution < 1.29 is 4.79 Å². The van der Waals surface area contributed by atoms with Crippen molar-refractivity contribution in [3.05, 3.63) is 23.6 Å². The number of rotatable bonds is 1. The van der Waals surface area contributed by atoms with Crippen LogP contribution in [0.2, 0.25) is 0 Å². The number of thioether (sulfide) groups is 1. The van der Waals surface area contributed by atoms with Gasteiger partial charge in [0.2, 0.25) is 0 Å². The SMILES string of the molecule is C=CC=C1SC(=O)NC1=S. The van der Waals surface area contributed by atoms with Gasteiger partial charge in [-0.1, -0.05) is 24.9 Å². The fraction of sp³-hybridized carbons (Fsp3) is 0. The molecule has 0 unspecified atom stereocenters. The highest BCUT2D eigenvalue weighted by atomic mass is 32.2. The Bertz CT molecular complexity index is 232. The molecule has 0 bridgehead atoms. The fourth-order valence-corrected chi connectivity index (χ4v) is 1.55. The lowest BCUT2D eigenvalue weighted by Gasteiger charge is -1.87. The van der Waals surface area contributed by atoms with Crippen LogP contribution in [0.4, 0.5) is 4.79 Å². The lowest BCUT2D eigenvalue weighted by molar-refractivity contribution is 0.265. The first-order valence-electron chi connectivity index (χ1n) is 2.60. The van der Waals surface area contributed by atoms with E-state index in [1.807, 2.05) is 0 Å². The van der Waals surface area contributed by atoms with Crippen molar-refractivity contribution in [3.8, 4) is 0 Å². The first kappa shape index (κ1) is 7.50. The third-order valence-corrected chi connectivity index (χ3v) is 2.21. The lowest BCUT2D eigenvalue weighted by Crippen LogP contribution is -2.15. The van der Waals surface area contributed by atoms with Crippen LogP contribution in [0.5, 0.6) is 0 Å². The maximum atomic E-state index is 10.6. The van der Waals surface area contributed by atoms with Gasteiger partial charge in [0.25, 0.3) is 5.24 Å². The normalized spacial score (nSPS) is 21.4. The van der Waals surface area contributed by atoms with E-state index in [1.165, 1.54) is 0 Å². The summed E-state index contributed by atoms with van der Waals surface area (Å²) in [6.45, 7) is 3.50. The first-order valence-corrected chi connectivity index (χ1v) is 3.82. The van der Waals surface area contributed by atoms with Crippen LogP contribution in [0.3, 0.4) is 0 Å². The Hall–Kier alpha value is -0.610. The van der Waals surface area contributed by atoms with E-state index in [4.69, 9.17) is 12.2 Å². The lowest BCUT2D eigenvalue weighted by atomic mass is 10.5. The highest BCUT2D eigenvalue weighted by Crippen LogP contribution is 2.23. The van der Waals surface area contributed by atoms with Crippen molar-refractivity contribution in [1.29, 1.82) is 0 Å². The van der Waals surface area contributed by atoms with Crippen LogP contribution in [0, 0.1) is 0 Å². The molecule has 0 atom stereocenters. The highest BCUT2D eigenvalue weighted by molar-refractivity contribution is 8.19. The Balaban J connectivity index is 2.81. The summed E-state index contributed by atoms with van der Waals surface area (Å²) in [7, 11) is 0. The van der Waals surface area contributed by atoms with Gasteiger partial charge in [-0.05, 0) is 17.8 Å². The van der Waals surface area contributed by atoms with E-state index in [0.717, 1.165) is 16.7 Å². The van der Waals surface area contributed by atoms with E-state index in [-0.39, 0.29) is 5.24 Å². The number of carbonyl (C=O) groups is 1. The molecule has 1 fully saturated rings. The van der Waals surface area contributed by atoms with E-state index >= 15 is 0 Å². The third kappa shape index (κ3) is 1.46. The second kappa shape index (κ2) is 2.98. The van der Waals surface area contributed by atoms with Gasteiger partial charge < -0.3 is 5.32 Å². The fourth-order valence-electron chi connectivity index (χ4n) is 0.543. The number of allylic oxidation sites excluding steroid dienone is 2. The average molecular weight is 171 g/mol. The number of carbonyl (C=O) groups excluding carboxylic acids is 1. The van der Waals surface area contributed by atoms with Crippen molar-refractivity contribution in [2.75, 3.05) is 0 Å². The summed E-state index contributed by atoms with van der Waals surface area (Å²) in [5, 5.41) is 2.38. The number of amides is 1. The maximum absolute atomic E-state index is 10.6. The van der Waals surface area contributed by atoms with Gasteiger partial charge in [-0.15, -0.1) is 0 Å². The van der Waals surface area contributed by atoms with E-state index in [9.17, 15) is 4.79 Å². The molecule has 0 radical (unpaired) electrons. The summed E-state index contributed by atoms with van der Waals surface area (Å²) < 4.78 is 0. The van der Waals surface area contributed by atoms with Crippen molar-refractivity contribution in [2.24, 2.45) is 0 Å². The second-order valence-corrected chi connectivity index (χ2v) is 3.03. The summed E-state index contributed by atoms with van der Waals surface area (Å²) in [6, 6.07) is 0. The molecule has 1 heterocycles. The summed E-state index contributed by atoms with van der Waals surface area (Å²) in [4.78, 5) is 11.9. The Kier molecular flexibility index (Phi) is 2.24. The number of thiocarbonyl (C=S) groups is 1. The van der Waals surface area contributed by atoms with Gasteiger partial charge in [0, 0.05) is 0 Å². The van der Waals surface area contributed by atoms with Crippen LogP contribution in [0.1, 0.15) is 0 Å². The van der Waals surface area contributed by atoms with Gasteiger partial charge in [-0.2, -0.15) is 0 Å². The van der Waals surface area contributed by atoms with Crippen LogP contribution in [0.15, 0.2) is 23.6 Å². The Labute approximate surface area is 68.4 Å². The minimum Gasteiger partial charge on any atom is -0.307 e. The quantitative estimate of drug-likeness (QED) is 0.482. The van der Waals surface area contributed by atoms with Gasteiger partial charge >= 0.3 is 0 Å². The summed E-state index contributed by atoms with van der Waals surface area (Å²) in [5.41, 5.74) is 0. The van der Waals surface area contributed by atoms with E-state index in [1.54, 1.807) is 12.2 Å². The van der Waals surface area contributed by atoms with Crippen LogP contribution in [0.25, 0.3) is 0 Å². The van der Waals surface area contributed by atoms with Crippen molar-refractivity contribution in [1.82, 2.24) is 5.32 Å². The Morgan fingerprint density at radius 1 is 1.70 bits per heavy atom. The van der Waals surface area contributed by atoms with Gasteiger partial charge in [0.15, 0.2) is 0 Å². The molecule has 1 rings (SSSR count). The zero-order chi connectivity index (χ0) is 7.56. The number of hydrogen-bond donors (Lipinski definition) is 1. The van der Waals surface area contributed by atoms with Crippen molar-refractivity contribution in [3.63, 3.8) is 0 Å². The van der Waals surface area contributed by atoms with Gasteiger partial charge in [0.1, 0.15) is 4.99 Å². The molecule has 4 heteroatoms. The molecule has 0 aromatic rings. The van der Waals surface area contributed by atoms with Crippen LogP contribution in [-0.4, -0.2) is 10.2 Å². The maximum Gasteiger partial charge on any atom is 0.289 e. The third-order valence-electron chi connectivity index (χ3n) is 0.911. The summed E-state index contributed by atoms with van der Waals surface area (Å²) in [6.07, 6.45) is 3.32. The van der Waals surface area contributed by atoms with Gasteiger partial charge in [0.05, 0.1) is 4.91 Å². The molecule has 1 aliphatic heterocycles. The largest absolute Gasteiger partial charge is 0.307 e. The standard InChI is InChI=1S/C6H5NOS2/c1-2-3-4-5(9)7-6(8)10-4/h2-3H,1H2,(H,7,8,9). The number of hydrogen-bond acceptors (Lipinski definition) is 3. The van der Waals surface area contributed by atoms with Crippen LogP contribution < -0.4 is 5.32 Å². The molecule has 0 aliphatic carbocycles. The smallest absolute Gasteiger partial charge is 0.289 e. The average Bonchev–Trinajstić information content (AvgIpc) is 2.13. The number of nitrogens with one attached hydrogen (secondary N) is 1. The van der Waals surface area contributed by atoms with Gasteiger partial charge in [-0.25, -0.2) is 0 Å². The summed E-state index contributed by atoms with van der Waals surface area (Å²) in [5.74, 6) is 0. The molecule has 0 aromatic heterocycles. The highest BCUT2D eigenvalue weighted by Gasteiger charge is 2.20. The van der Waals surface area contributed by atoms with E-state index in [2.05, 4.69) is 11.9 Å². The molecule has 0 saturated carbocycles. The van der Waals surface area contributed by atoms with Crippen molar-refractivity contribution >= 4 is 34.2 Å². The van der Waals surface area contributed by atoms with Crippen LogP contribution in [-0.2, 0) is 0 Å². The van der Waals surface area contributed by atoms with Gasteiger partial charge in [-0.3, -0.25) is 4.79 Å². The summed E-state index contributed by atoms with van der Waals surface area (Å²) >= 11 is 5.91.